The summed E-state index contributed by atoms with van der Waals surface area (Å²) >= 11 is 0. The van der Waals surface area contributed by atoms with Crippen LogP contribution in [0.4, 0.5) is 11.4 Å². The number of carbonyl (C=O) groups is 2. The van der Waals surface area contributed by atoms with Crippen LogP contribution in [0.25, 0.3) is 0 Å². The summed E-state index contributed by atoms with van der Waals surface area (Å²) in [7, 11) is 0. The number of aromatic hydroxyl groups is 3. The van der Waals surface area contributed by atoms with E-state index in [1.807, 2.05) is 0 Å². The Morgan fingerprint density at radius 1 is 0.654 bits per heavy atom. The maximum absolute atomic E-state index is 13.0. The van der Waals surface area contributed by atoms with Crippen LogP contribution in [0.15, 0.2) is 54.6 Å². The standard InChI is InChI=1S/C20H13NO5/c22-10-5-7-15(23)14(9-10)21-13-6-8-16(24)18-17(13)19(25)11-3-1-2-4-12(11)20(18)26/h1-9,21-24H. The zero-order chi connectivity index (χ0) is 18.4. The van der Waals surface area contributed by atoms with Gasteiger partial charge in [0.25, 0.3) is 0 Å². The van der Waals surface area contributed by atoms with E-state index in [9.17, 15) is 24.9 Å². The summed E-state index contributed by atoms with van der Waals surface area (Å²) in [5.74, 6) is -1.37. The van der Waals surface area contributed by atoms with Crippen LogP contribution in [0.5, 0.6) is 17.2 Å². The number of rotatable bonds is 2. The highest BCUT2D eigenvalue weighted by Gasteiger charge is 2.34. The fraction of sp³-hybridized carbons (Fsp3) is 0. The molecule has 1 aliphatic rings. The molecule has 0 saturated carbocycles. The van der Waals surface area contributed by atoms with Crippen LogP contribution in [0.3, 0.4) is 0 Å². The smallest absolute Gasteiger partial charge is 0.198 e. The van der Waals surface area contributed by atoms with Crippen molar-refractivity contribution in [1.82, 2.24) is 0 Å². The van der Waals surface area contributed by atoms with Crippen LogP contribution in [-0.4, -0.2) is 26.9 Å². The average Bonchev–Trinajstić information content (AvgIpc) is 2.64. The monoisotopic (exact) mass is 347 g/mol. The maximum atomic E-state index is 13.0. The largest absolute Gasteiger partial charge is 0.508 e. The summed E-state index contributed by atoms with van der Waals surface area (Å²) in [6, 6.07) is 13.1. The summed E-state index contributed by atoms with van der Waals surface area (Å²) in [6.45, 7) is 0. The fourth-order valence-corrected chi connectivity index (χ4v) is 3.08. The summed E-state index contributed by atoms with van der Waals surface area (Å²) in [5, 5.41) is 32.6. The Bertz CT molecular complexity index is 1090. The number of phenolic OH excluding ortho intramolecular Hbond substituents is 3. The Balaban J connectivity index is 1.91. The van der Waals surface area contributed by atoms with Crippen LogP contribution >= 0.6 is 0 Å². The van der Waals surface area contributed by atoms with Crippen molar-refractivity contribution in [3.63, 3.8) is 0 Å². The molecule has 3 aromatic carbocycles. The van der Waals surface area contributed by atoms with Crippen molar-refractivity contribution in [2.24, 2.45) is 0 Å². The van der Waals surface area contributed by atoms with Gasteiger partial charge in [-0.05, 0) is 24.3 Å². The molecule has 128 valence electrons. The van der Waals surface area contributed by atoms with E-state index in [0.29, 0.717) is 0 Å². The van der Waals surface area contributed by atoms with E-state index in [1.165, 1.54) is 30.3 Å². The third kappa shape index (κ3) is 2.28. The van der Waals surface area contributed by atoms with Crippen molar-refractivity contribution in [3.05, 3.63) is 76.9 Å². The topological polar surface area (TPSA) is 107 Å². The normalized spacial score (nSPS) is 12.5. The molecule has 0 aliphatic heterocycles. The number of hydrogen-bond acceptors (Lipinski definition) is 6. The second-order valence-corrected chi connectivity index (χ2v) is 5.91. The van der Waals surface area contributed by atoms with Crippen LogP contribution in [-0.2, 0) is 0 Å². The minimum atomic E-state index is -0.448. The molecule has 26 heavy (non-hydrogen) atoms. The third-order valence-corrected chi connectivity index (χ3v) is 4.30. The molecule has 3 aromatic rings. The summed E-state index contributed by atoms with van der Waals surface area (Å²) in [4.78, 5) is 25.7. The average molecular weight is 347 g/mol. The minimum absolute atomic E-state index is 0.0245. The molecule has 0 unspecified atom stereocenters. The summed E-state index contributed by atoms with van der Waals surface area (Å²) in [6.07, 6.45) is 0. The molecule has 0 heterocycles. The highest BCUT2D eigenvalue weighted by molar-refractivity contribution is 6.31. The zero-order valence-corrected chi connectivity index (χ0v) is 13.4. The van der Waals surface area contributed by atoms with Crippen molar-refractivity contribution in [2.75, 3.05) is 5.32 Å². The van der Waals surface area contributed by atoms with Gasteiger partial charge in [-0.1, -0.05) is 24.3 Å². The Kier molecular flexibility index (Phi) is 3.40. The third-order valence-electron chi connectivity index (χ3n) is 4.30. The second-order valence-electron chi connectivity index (χ2n) is 5.91. The van der Waals surface area contributed by atoms with Crippen LogP contribution < -0.4 is 5.32 Å². The van der Waals surface area contributed by atoms with Crippen LogP contribution in [0.1, 0.15) is 31.8 Å². The fourth-order valence-electron chi connectivity index (χ4n) is 3.08. The van der Waals surface area contributed by atoms with Gasteiger partial charge in [-0.2, -0.15) is 0 Å². The van der Waals surface area contributed by atoms with Crippen molar-refractivity contribution < 1.29 is 24.9 Å². The molecule has 4 rings (SSSR count). The summed E-state index contributed by atoms with van der Waals surface area (Å²) < 4.78 is 0. The number of benzene rings is 3. The SMILES string of the molecule is O=C1c2ccccc2C(=O)c2c(Nc3cc(O)ccc3O)ccc(O)c21. The van der Waals surface area contributed by atoms with E-state index < -0.39 is 11.6 Å². The lowest BCUT2D eigenvalue weighted by atomic mass is 9.82. The van der Waals surface area contributed by atoms with Crippen LogP contribution in [0.2, 0.25) is 0 Å². The zero-order valence-electron chi connectivity index (χ0n) is 13.4. The highest BCUT2D eigenvalue weighted by Crippen LogP contribution is 2.39. The number of ketones is 2. The van der Waals surface area contributed by atoms with Crippen LogP contribution in [0, 0.1) is 0 Å². The first-order chi connectivity index (χ1) is 12.5. The number of anilines is 2. The van der Waals surface area contributed by atoms with Gasteiger partial charge in [-0.25, -0.2) is 0 Å². The Morgan fingerprint density at radius 2 is 1.27 bits per heavy atom. The first kappa shape index (κ1) is 15.7. The predicted octanol–water partition coefficient (Wildman–Crippen LogP) is 3.32. The van der Waals surface area contributed by atoms with Gasteiger partial charge in [0.1, 0.15) is 17.2 Å². The van der Waals surface area contributed by atoms with Crippen molar-refractivity contribution in [3.8, 4) is 17.2 Å². The molecule has 0 fully saturated rings. The van der Waals surface area contributed by atoms with Gasteiger partial charge >= 0.3 is 0 Å². The van der Waals surface area contributed by atoms with Gasteiger partial charge in [-0.3, -0.25) is 9.59 Å². The van der Waals surface area contributed by atoms with E-state index in [2.05, 4.69) is 5.32 Å². The first-order valence-corrected chi connectivity index (χ1v) is 7.81. The van der Waals surface area contributed by atoms with Gasteiger partial charge < -0.3 is 20.6 Å². The van der Waals surface area contributed by atoms with Gasteiger partial charge in [-0.15, -0.1) is 0 Å². The van der Waals surface area contributed by atoms with Gasteiger partial charge in [0.2, 0.25) is 0 Å². The number of fused-ring (bicyclic) bond motifs is 2. The van der Waals surface area contributed by atoms with Crippen molar-refractivity contribution in [1.29, 1.82) is 0 Å². The molecular weight excluding hydrogens is 334 g/mol. The predicted molar refractivity (Wildman–Crippen MR) is 94.5 cm³/mol. The lowest BCUT2D eigenvalue weighted by molar-refractivity contribution is 0.0977. The summed E-state index contributed by atoms with van der Waals surface area (Å²) in [5.41, 5.74) is 0.828. The van der Waals surface area contributed by atoms with Gasteiger partial charge in [0, 0.05) is 17.2 Å². The molecule has 0 spiro atoms. The Morgan fingerprint density at radius 3 is 1.96 bits per heavy atom. The lowest BCUT2D eigenvalue weighted by Crippen LogP contribution is -2.22. The number of carbonyl (C=O) groups excluding carboxylic acids is 2. The maximum Gasteiger partial charge on any atom is 0.198 e. The first-order valence-electron chi connectivity index (χ1n) is 7.81. The molecule has 4 N–H and O–H groups in total. The van der Waals surface area contributed by atoms with E-state index in [4.69, 9.17) is 0 Å². The Labute approximate surface area is 148 Å². The highest BCUT2D eigenvalue weighted by atomic mass is 16.3. The van der Waals surface area contributed by atoms with Gasteiger partial charge in [0.05, 0.1) is 22.5 Å². The van der Waals surface area contributed by atoms with Gasteiger partial charge in [0.15, 0.2) is 11.6 Å². The molecule has 1 aliphatic carbocycles. The van der Waals surface area contributed by atoms with E-state index >= 15 is 0 Å². The molecule has 0 aromatic heterocycles. The molecule has 6 heteroatoms. The number of phenols is 3. The van der Waals surface area contributed by atoms with E-state index in [0.717, 1.165) is 0 Å². The van der Waals surface area contributed by atoms with E-state index in [1.54, 1.807) is 24.3 Å². The van der Waals surface area contributed by atoms with E-state index in [-0.39, 0.29) is 50.9 Å². The van der Waals surface area contributed by atoms with Crippen molar-refractivity contribution >= 4 is 22.9 Å². The molecule has 0 saturated heterocycles. The molecule has 0 bridgehead atoms. The molecule has 0 amide bonds. The second kappa shape index (κ2) is 5.63. The number of nitrogens with one attached hydrogen (secondary N) is 1. The minimum Gasteiger partial charge on any atom is -0.508 e. The quantitative estimate of drug-likeness (QED) is 0.327. The molecule has 6 nitrogen and oxygen atoms in total. The number of hydrogen-bond donors (Lipinski definition) is 4. The molecular formula is C20H13NO5. The molecule has 0 atom stereocenters. The Hall–Kier alpha value is -3.80. The lowest BCUT2D eigenvalue weighted by Gasteiger charge is -2.22. The molecule has 0 radical (unpaired) electrons. The van der Waals surface area contributed by atoms with Crippen molar-refractivity contribution in [2.45, 2.75) is 0 Å².